The van der Waals surface area contributed by atoms with Crippen LogP contribution in [0.3, 0.4) is 0 Å². The summed E-state index contributed by atoms with van der Waals surface area (Å²) in [5.41, 5.74) is 2.65. The van der Waals surface area contributed by atoms with E-state index in [9.17, 15) is 14.4 Å². The minimum atomic E-state index is -0.349. The molecular formula is C32H36N6O4S. The minimum Gasteiger partial charge on any atom is -0.439 e. The van der Waals surface area contributed by atoms with Crippen LogP contribution < -0.4 is 25.6 Å². The number of amides is 4. The zero-order valence-corrected chi connectivity index (χ0v) is 25.6. The van der Waals surface area contributed by atoms with E-state index in [2.05, 4.69) is 32.8 Å². The lowest BCUT2D eigenvalue weighted by Gasteiger charge is -2.29. The monoisotopic (exact) mass is 600 g/mol. The van der Waals surface area contributed by atoms with E-state index in [0.717, 1.165) is 36.6 Å². The van der Waals surface area contributed by atoms with Crippen LogP contribution in [0.2, 0.25) is 0 Å². The van der Waals surface area contributed by atoms with E-state index in [4.69, 9.17) is 4.74 Å². The first-order valence-corrected chi connectivity index (χ1v) is 15.4. The molecule has 2 atom stereocenters. The van der Waals surface area contributed by atoms with Crippen LogP contribution in [0.15, 0.2) is 54.9 Å². The fourth-order valence-corrected chi connectivity index (χ4v) is 6.37. The Morgan fingerprint density at radius 1 is 1.14 bits per heavy atom. The normalized spacial score (nSPS) is 17.1. The Labute approximate surface area is 254 Å². The van der Waals surface area contributed by atoms with Crippen LogP contribution in [0.1, 0.15) is 61.2 Å². The van der Waals surface area contributed by atoms with Crippen molar-refractivity contribution in [3.8, 4) is 11.6 Å². The number of thiophene rings is 1. The molecule has 4 aromatic rings. The summed E-state index contributed by atoms with van der Waals surface area (Å²) in [5.74, 6) is 1.54. The molecule has 0 saturated heterocycles. The Morgan fingerprint density at radius 3 is 2.58 bits per heavy atom. The summed E-state index contributed by atoms with van der Waals surface area (Å²) in [4.78, 5) is 48.6. The van der Waals surface area contributed by atoms with Crippen molar-refractivity contribution in [2.24, 2.45) is 5.92 Å². The molecule has 1 fully saturated rings. The molecule has 1 saturated carbocycles. The van der Waals surface area contributed by atoms with Crippen LogP contribution in [0, 0.1) is 12.8 Å². The third kappa shape index (κ3) is 6.46. The number of nitrogens with zero attached hydrogens (tertiary/aromatic N) is 3. The molecule has 2 aliphatic rings. The Balaban J connectivity index is 0.000000472. The average Bonchev–Trinajstić information content (AvgIpc) is 3.58. The van der Waals surface area contributed by atoms with Crippen LogP contribution in [-0.4, -0.2) is 40.9 Å². The first-order valence-electron chi connectivity index (χ1n) is 14.5. The molecule has 0 unspecified atom stereocenters. The van der Waals surface area contributed by atoms with Gasteiger partial charge in [0.15, 0.2) is 0 Å². The highest BCUT2D eigenvalue weighted by atomic mass is 32.1. The molecular weight excluding hydrogens is 564 g/mol. The molecule has 10 nitrogen and oxygen atoms in total. The highest BCUT2D eigenvalue weighted by Crippen LogP contribution is 2.46. The number of nitrogens with one attached hydrogen (secondary N) is 3. The van der Waals surface area contributed by atoms with Crippen molar-refractivity contribution in [2.75, 3.05) is 17.3 Å². The van der Waals surface area contributed by atoms with Gasteiger partial charge in [0.25, 0.3) is 5.91 Å². The van der Waals surface area contributed by atoms with Crippen molar-refractivity contribution in [1.82, 2.24) is 20.6 Å². The predicted molar refractivity (Wildman–Crippen MR) is 170 cm³/mol. The smallest absolute Gasteiger partial charge is 0.331 e. The van der Waals surface area contributed by atoms with E-state index in [0.29, 0.717) is 50.7 Å². The lowest BCUT2D eigenvalue weighted by molar-refractivity contribution is -0.120. The Hall–Kier alpha value is -4.51. The van der Waals surface area contributed by atoms with Gasteiger partial charge >= 0.3 is 6.03 Å². The fraction of sp³-hybridized carbons (Fsp3) is 0.344. The zero-order valence-electron chi connectivity index (χ0n) is 24.8. The molecule has 11 heteroatoms. The number of ether oxygens (including phenoxy) is 1. The zero-order chi connectivity index (χ0) is 30.5. The number of hydrogen-bond donors (Lipinski definition) is 3. The molecule has 3 N–H and O–H groups in total. The minimum absolute atomic E-state index is 0.127. The average molecular weight is 601 g/mol. The first-order chi connectivity index (χ1) is 20.8. The number of para-hydroxylation sites is 1. The molecule has 4 heterocycles. The first kappa shape index (κ1) is 30.0. The number of hydrogen-bond acceptors (Lipinski definition) is 7. The molecule has 6 rings (SSSR count). The summed E-state index contributed by atoms with van der Waals surface area (Å²) in [6, 6.07) is 12.8. The largest absolute Gasteiger partial charge is 0.439 e. The summed E-state index contributed by atoms with van der Waals surface area (Å²) < 4.78 is 5.85. The Morgan fingerprint density at radius 2 is 1.93 bits per heavy atom. The lowest BCUT2D eigenvalue weighted by atomic mass is 10.1. The number of anilines is 3. The Bertz CT molecular complexity index is 1640. The van der Waals surface area contributed by atoms with E-state index in [1.165, 1.54) is 11.3 Å². The van der Waals surface area contributed by atoms with Crippen LogP contribution >= 0.6 is 11.3 Å². The van der Waals surface area contributed by atoms with Gasteiger partial charge in [0.2, 0.25) is 11.8 Å². The maximum atomic E-state index is 13.4. The molecule has 0 radical (unpaired) electrons. The van der Waals surface area contributed by atoms with E-state index in [-0.39, 0.29) is 23.9 Å². The van der Waals surface area contributed by atoms with Gasteiger partial charge in [0.1, 0.15) is 15.5 Å². The number of aryl methyl sites for hydroxylation is 1. The van der Waals surface area contributed by atoms with Crippen molar-refractivity contribution in [3.63, 3.8) is 0 Å². The molecule has 43 heavy (non-hydrogen) atoms. The van der Waals surface area contributed by atoms with E-state index >= 15 is 0 Å². The van der Waals surface area contributed by atoms with Crippen LogP contribution in [0.5, 0.6) is 11.6 Å². The summed E-state index contributed by atoms with van der Waals surface area (Å²) in [6.07, 6.45) is 8.09. The number of pyridine rings is 2. The fourth-order valence-electron chi connectivity index (χ4n) is 5.35. The van der Waals surface area contributed by atoms with Crippen LogP contribution in [0.4, 0.5) is 21.9 Å². The lowest BCUT2D eigenvalue weighted by Crippen LogP contribution is -2.38. The van der Waals surface area contributed by atoms with Gasteiger partial charge in [-0.2, -0.15) is 0 Å². The molecule has 1 aromatic carbocycles. The number of carbonyl (C=O) groups excluding carboxylic acids is 3. The van der Waals surface area contributed by atoms with Gasteiger partial charge < -0.3 is 20.7 Å². The molecule has 3 aromatic heterocycles. The second kappa shape index (κ2) is 13.2. The second-order valence-electron chi connectivity index (χ2n) is 10.7. The van der Waals surface area contributed by atoms with Gasteiger partial charge in [-0.1, -0.05) is 38.5 Å². The van der Waals surface area contributed by atoms with Gasteiger partial charge in [-0.3, -0.25) is 14.5 Å². The number of urea groups is 1. The third-order valence-corrected chi connectivity index (χ3v) is 8.75. The van der Waals surface area contributed by atoms with Crippen LogP contribution in [-0.2, 0) is 4.79 Å². The molecule has 0 bridgehead atoms. The molecule has 1 aliphatic carbocycles. The summed E-state index contributed by atoms with van der Waals surface area (Å²) in [5, 5.41) is 9.42. The summed E-state index contributed by atoms with van der Waals surface area (Å²) in [6.45, 7) is 6.05. The van der Waals surface area contributed by atoms with Gasteiger partial charge in [0, 0.05) is 31.8 Å². The summed E-state index contributed by atoms with van der Waals surface area (Å²) >= 11 is 1.30. The quantitative estimate of drug-likeness (QED) is 0.211. The molecule has 0 spiro atoms. The third-order valence-electron chi connectivity index (χ3n) is 7.65. The standard InChI is InChI=1S/C27H25N5O3S.C5H11NO/c1-15-7-6-10-18(15)30-25(33)24-23-22-19(11-12-28-26(22)36-24)32(27(34)31-23)20-14-29-21(13-16(20)2)35-17-8-4-3-5-9-17;1-3-4-5(7)6-2/h3-5,8-9,11-15,18H,6-7,10H2,1-2H3,(H,30,33)(H,31,34);3-4H2,1-2H3,(H,6,7)/t15-,18+;/m0./s1. The second-order valence-corrected chi connectivity index (χ2v) is 11.7. The van der Waals surface area contributed by atoms with Gasteiger partial charge in [-0.25, -0.2) is 14.8 Å². The number of aromatic nitrogens is 2. The summed E-state index contributed by atoms with van der Waals surface area (Å²) in [7, 11) is 1.65. The maximum Gasteiger partial charge on any atom is 0.331 e. The number of carbonyl (C=O) groups is 3. The van der Waals surface area contributed by atoms with Crippen LogP contribution in [0.25, 0.3) is 10.2 Å². The van der Waals surface area contributed by atoms with Crippen molar-refractivity contribution in [3.05, 3.63) is 65.3 Å². The number of rotatable bonds is 7. The highest BCUT2D eigenvalue weighted by molar-refractivity contribution is 7.21. The van der Waals surface area contributed by atoms with E-state index in [1.807, 2.05) is 44.2 Å². The topological polar surface area (TPSA) is 126 Å². The predicted octanol–water partition coefficient (Wildman–Crippen LogP) is 6.93. The van der Waals surface area contributed by atoms with Crippen molar-refractivity contribution < 1.29 is 19.1 Å². The van der Waals surface area contributed by atoms with Crippen molar-refractivity contribution in [1.29, 1.82) is 0 Å². The van der Waals surface area contributed by atoms with Gasteiger partial charge in [-0.15, -0.1) is 11.3 Å². The van der Waals surface area contributed by atoms with E-state index in [1.54, 1.807) is 36.5 Å². The Kier molecular flexibility index (Phi) is 9.20. The highest BCUT2D eigenvalue weighted by Gasteiger charge is 2.34. The molecule has 1 aliphatic heterocycles. The SMILES string of the molecule is CCCC(=O)NC.Cc1cc(Oc2ccccc2)ncc1N1C(=O)Nc2c(C(=O)N[C@@H]3CCC[C@@H]3C)sc3nccc1c23. The maximum absolute atomic E-state index is 13.4. The molecule has 224 valence electrons. The van der Waals surface area contributed by atoms with Gasteiger partial charge in [0.05, 0.1) is 28.6 Å². The van der Waals surface area contributed by atoms with E-state index < -0.39 is 0 Å². The molecule has 4 amide bonds. The van der Waals surface area contributed by atoms with Crippen molar-refractivity contribution >= 4 is 56.5 Å². The van der Waals surface area contributed by atoms with Gasteiger partial charge in [-0.05, 0) is 55.9 Å². The van der Waals surface area contributed by atoms with Crippen molar-refractivity contribution in [2.45, 2.75) is 58.9 Å². The number of benzene rings is 1.